The van der Waals surface area contributed by atoms with Crippen molar-refractivity contribution >= 4 is 11.5 Å². The van der Waals surface area contributed by atoms with Crippen LogP contribution in [0.15, 0.2) is 18.6 Å². The Bertz CT molecular complexity index is 905. The van der Waals surface area contributed by atoms with Gasteiger partial charge in [-0.3, -0.25) is 4.68 Å². The van der Waals surface area contributed by atoms with Crippen LogP contribution < -0.4 is 11.1 Å². The van der Waals surface area contributed by atoms with E-state index in [1.165, 1.54) is 0 Å². The van der Waals surface area contributed by atoms with Gasteiger partial charge in [-0.15, -0.1) is 0 Å². The van der Waals surface area contributed by atoms with E-state index in [0.29, 0.717) is 17.0 Å². The standard InChI is InChI=1S/C17H23N7O/c1-10(25)14-15(11-4-3-5-19-6-11)22-17-13(8-21-24(17)16(14)18)12-7-20-23(2)9-12/h7-11,19,25H,3-6,18H2,1-2H3. The lowest BCUT2D eigenvalue weighted by Gasteiger charge is -2.26. The number of aromatic nitrogens is 5. The molecule has 4 N–H and O–H groups in total. The average Bonchev–Trinajstić information content (AvgIpc) is 3.21. The molecule has 4 rings (SSSR count). The number of nitrogens with zero attached hydrogens (tertiary/aromatic N) is 5. The van der Waals surface area contributed by atoms with E-state index in [0.717, 1.165) is 42.8 Å². The van der Waals surface area contributed by atoms with Gasteiger partial charge >= 0.3 is 0 Å². The van der Waals surface area contributed by atoms with Crippen molar-refractivity contribution in [2.24, 2.45) is 7.05 Å². The van der Waals surface area contributed by atoms with E-state index >= 15 is 0 Å². The van der Waals surface area contributed by atoms with Crippen molar-refractivity contribution in [1.29, 1.82) is 0 Å². The number of aryl methyl sites for hydroxylation is 1. The van der Waals surface area contributed by atoms with Crippen LogP contribution in [-0.2, 0) is 7.05 Å². The molecular formula is C17H23N7O. The van der Waals surface area contributed by atoms with Crippen molar-refractivity contribution in [2.45, 2.75) is 31.8 Å². The number of aliphatic hydroxyl groups excluding tert-OH is 1. The molecule has 1 fully saturated rings. The number of hydrogen-bond donors (Lipinski definition) is 3. The second-order valence-electron chi connectivity index (χ2n) is 6.71. The summed E-state index contributed by atoms with van der Waals surface area (Å²) in [5.41, 5.74) is 10.5. The smallest absolute Gasteiger partial charge is 0.165 e. The van der Waals surface area contributed by atoms with Crippen LogP contribution >= 0.6 is 0 Å². The first-order valence-electron chi connectivity index (χ1n) is 8.61. The number of fused-ring (bicyclic) bond motifs is 1. The molecule has 2 unspecified atom stereocenters. The summed E-state index contributed by atoms with van der Waals surface area (Å²) in [6, 6.07) is 0. The summed E-state index contributed by atoms with van der Waals surface area (Å²) in [5, 5.41) is 22.3. The molecule has 1 aliphatic heterocycles. The zero-order valence-electron chi connectivity index (χ0n) is 14.5. The summed E-state index contributed by atoms with van der Waals surface area (Å²) in [5.74, 6) is 0.693. The van der Waals surface area contributed by atoms with Crippen molar-refractivity contribution < 1.29 is 5.11 Å². The average molecular weight is 341 g/mol. The van der Waals surface area contributed by atoms with Crippen LogP contribution in [0.1, 0.15) is 43.0 Å². The normalized spacial score (nSPS) is 19.4. The molecule has 3 aromatic heterocycles. The molecular weight excluding hydrogens is 318 g/mol. The molecule has 8 heteroatoms. The Morgan fingerprint density at radius 2 is 2.20 bits per heavy atom. The molecule has 0 aliphatic carbocycles. The van der Waals surface area contributed by atoms with Gasteiger partial charge < -0.3 is 16.2 Å². The third-order valence-electron chi connectivity index (χ3n) is 4.87. The van der Waals surface area contributed by atoms with Gasteiger partial charge in [0, 0.05) is 42.4 Å². The van der Waals surface area contributed by atoms with E-state index in [-0.39, 0.29) is 5.92 Å². The highest BCUT2D eigenvalue weighted by atomic mass is 16.3. The van der Waals surface area contributed by atoms with Crippen LogP contribution in [0.25, 0.3) is 16.8 Å². The largest absolute Gasteiger partial charge is 0.388 e. The molecule has 132 valence electrons. The summed E-state index contributed by atoms with van der Waals surface area (Å²) in [6.45, 7) is 3.59. The number of nitrogen functional groups attached to an aromatic ring is 1. The second kappa shape index (κ2) is 6.12. The third kappa shape index (κ3) is 2.67. The van der Waals surface area contributed by atoms with Crippen molar-refractivity contribution in [2.75, 3.05) is 18.8 Å². The van der Waals surface area contributed by atoms with Crippen molar-refractivity contribution in [3.05, 3.63) is 29.8 Å². The predicted molar refractivity (Wildman–Crippen MR) is 95.1 cm³/mol. The van der Waals surface area contributed by atoms with Gasteiger partial charge in [0.15, 0.2) is 5.65 Å². The predicted octanol–water partition coefficient (Wildman–Crippen LogP) is 1.23. The van der Waals surface area contributed by atoms with Gasteiger partial charge in [-0.2, -0.15) is 14.7 Å². The maximum Gasteiger partial charge on any atom is 0.165 e. The quantitative estimate of drug-likeness (QED) is 0.662. The Labute approximate surface area is 145 Å². The van der Waals surface area contributed by atoms with Gasteiger partial charge in [0.05, 0.1) is 24.2 Å². The van der Waals surface area contributed by atoms with Gasteiger partial charge in [0.25, 0.3) is 0 Å². The zero-order chi connectivity index (χ0) is 17.6. The molecule has 4 heterocycles. The molecule has 0 amide bonds. The van der Waals surface area contributed by atoms with E-state index < -0.39 is 6.10 Å². The highest BCUT2D eigenvalue weighted by molar-refractivity contribution is 5.78. The number of anilines is 1. The lowest BCUT2D eigenvalue weighted by Crippen LogP contribution is -2.30. The molecule has 0 aromatic carbocycles. The van der Waals surface area contributed by atoms with E-state index in [1.807, 2.05) is 13.2 Å². The minimum Gasteiger partial charge on any atom is -0.388 e. The Kier molecular flexibility index (Phi) is 3.93. The Morgan fingerprint density at radius 3 is 2.84 bits per heavy atom. The van der Waals surface area contributed by atoms with Gasteiger partial charge in [-0.05, 0) is 26.3 Å². The first kappa shape index (κ1) is 16.0. The minimum absolute atomic E-state index is 0.238. The van der Waals surface area contributed by atoms with E-state index in [9.17, 15) is 5.11 Å². The molecule has 3 aromatic rings. The second-order valence-corrected chi connectivity index (χ2v) is 6.71. The zero-order valence-corrected chi connectivity index (χ0v) is 14.5. The molecule has 0 bridgehead atoms. The van der Waals surface area contributed by atoms with Crippen molar-refractivity contribution in [3.63, 3.8) is 0 Å². The maximum absolute atomic E-state index is 10.3. The fourth-order valence-corrected chi connectivity index (χ4v) is 3.63. The molecule has 2 atom stereocenters. The summed E-state index contributed by atoms with van der Waals surface area (Å²) in [6.07, 6.45) is 6.90. The lowest BCUT2D eigenvalue weighted by molar-refractivity contribution is 0.196. The Balaban J connectivity index is 1.93. The summed E-state index contributed by atoms with van der Waals surface area (Å²) in [4.78, 5) is 4.91. The van der Waals surface area contributed by atoms with Crippen molar-refractivity contribution in [3.8, 4) is 11.1 Å². The third-order valence-corrected chi connectivity index (χ3v) is 4.87. The fraction of sp³-hybridized carbons (Fsp3) is 0.471. The van der Waals surface area contributed by atoms with Crippen LogP contribution in [0.4, 0.5) is 5.82 Å². The van der Waals surface area contributed by atoms with Gasteiger partial charge in [-0.25, -0.2) is 4.98 Å². The topological polar surface area (TPSA) is 106 Å². The van der Waals surface area contributed by atoms with E-state index in [1.54, 1.807) is 28.5 Å². The van der Waals surface area contributed by atoms with Crippen LogP contribution in [0.3, 0.4) is 0 Å². The number of aliphatic hydroxyl groups is 1. The molecule has 1 aliphatic rings. The van der Waals surface area contributed by atoms with Crippen LogP contribution in [0.2, 0.25) is 0 Å². The minimum atomic E-state index is -0.695. The van der Waals surface area contributed by atoms with Gasteiger partial charge in [0.1, 0.15) is 5.82 Å². The van der Waals surface area contributed by atoms with Crippen LogP contribution in [0.5, 0.6) is 0 Å². The maximum atomic E-state index is 10.3. The van der Waals surface area contributed by atoms with E-state index in [2.05, 4.69) is 15.5 Å². The number of nitrogens with two attached hydrogens (primary N) is 1. The van der Waals surface area contributed by atoms with Crippen LogP contribution in [0, 0.1) is 0 Å². The highest BCUT2D eigenvalue weighted by Gasteiger charge is 2.26. The molecule has 8 nitrogen and oxygen atoms in total. The SMILES string of the molecule is CC(O)c1c(C2CCCNC2)nc2c(-c3cnn(C)c3)cnn2c1N. The molecule has 0 radical (unpaired) electrons. The first-order chi connectivity index (χ1) is 12.1. The molecule has 0 spiro atoms. The molecule has 25 heavy (non-hydrogen) atoms. The first-order valence-corrected chi connectivity index (χ1v) is 8.61. The number of piperidine rings is 1. The molecule has 1 saturated heterocycles. The fourth-order valence-electron chi connectivity index (χ4n) is 3.63. The lowest BCUT2D eigenvalue weighted by atomic mass is 9.91. The van der Waals surface area contributed by atoms with Gasteiger partial charge in [0.2, 0.25) is 0 Å². The molecule has 0 saturated carbocycles. The van der Waals surface area contributed by atoms with Gasteiger partial charge in [-0.1, -0.05) is 0 Å². The summed E-state index contributed by atoms with van der Waals surface area (Å²) >= 11 is 0. The highest BCUT2D eigenvalue weighted by Crippen LogP contribution is 2.34. The van der Waals surface area contributed by atoms with Crippen molar-refractivity contribution in [1.82, 2.24) is 29.7 Å². The monoisotopic (exact) mass is 341 g/mol. The number of nitrogens with one attached hydrogen (secondary N) is 1. The van der Waals surface area contributed by atoms with E-state index in [4.69, 9.17) is 10.7 Å². The summed E-state index contributed by atoms with van der Waals surface area (Å²) in [7, 11) is 1.88. The Hall–Kier alpha value is -2.45. The number of hydrogen-bond acceptors (Lipinski definition) is 6. The summed E-state index contributed by atoms with van der Waals surface area (Å²) < 4.78 is 3.36. The number of rotatable bonds is 3. The Morgan fingerprint density at radius 1 is 1.36 bits per heavy atom. The van der Waals surface area contributed by atoms with Crippen LogP contribution in [-0.4, -0.2) is 42.6 Å².